The Bertz CT molecular complexity index is 1060. The summed E-state index contributed by atoms with van der Waals surface area (Å²) < 4.78 is 34.4. The van der Waals surface area contributed by atoms with Crippen molar-refractivity contribution in [3.8, 4) is 5.75 Å². The number of fused-ring (bicyclic) bond motifs is 1. The molecule has 11 heteroatoms. The number of hydrogen-bond donors (Lipinski definition) is 3. The largest absolute Gasteiger partial charge is 0.497 e. The Labute approximate surface area is 178 Å². The summed E-state index contributed by atoms with van der Waals surface area (Å²) in [6, 6.07) is 7.26. The van der Waals surface area contributed by atoms with Crippen molar-refractivity contribution < 1.29 is 23.7 Å². The van der Waals surface area contributed by atoms with Gasteiger partial charge in [0.25, 0.3) is 0 Å². The highest BCUT2D eigenvalue weighted by atomic mass is 19.1. The molecule has 0 spiro atoms. The highest BCUT2D eigenvalue weighted by molar-refractivity contribution is 5.84. The van der Waals surface area contributed by atoms with Crippen LogP contribution in [0.3, 0.4) is 0 Å². The number of nitrogens with one attached hydrogen (secondary N) is 1. The van der Waals surface area contributed by atoms with Gasteiger partial charge in [-0.1, -0.05) is 12.1 Å². The lowest BCUT2D eigenvalue weighted by Gasteiger charge is -2.28. The highest BCUT2D eigenvalue weighted by Crippen LogP contribution is 2.44. The lowest BCUT2D eigenvalue weighted by molar-refractivity contribution is -0.0675. The van der Waals surface area contributed by atoms with Crippen LogP contribution in [0.15, 0.2) is 30.6 Å². The number of aromatic nitrogens is 4. The summed E-state index contributed by atoms with van der Waals surface area (Å²) in [6.45, 7) is 1.11. The number of benzene rings is 1. The molecule has 0 unspecified atom stereocenters. The molecule has 0 saturated carbocycles. The van der Waals surface area contributed by atoms with Gasteiger partial charge in [-0.25, -0.2) is 9.37 Å². The number of aliphatic hydroxyl groups excluding tert-OH is 1. The molecule has 3 aromatic rings. The van der Waals surface area contributed by atoms with E-state index in [2.05, 4.69) is 20.3 Å². The molecular weight excluding hydrogens is 407 g/mol. The summed E-state index contributed by atoms with van der Waals surface area (Å²) in [4.78, 5) is 12.6. The van der Waals surface area contributed by atoms with Gasteiger partial charge in [0.15, 0.2) is 28.9 Å². The molecule has 2 aromatic heterocycles. The monoisotopic (exact) mass is 432 g/mol. The quantitative estimate of drug-likeness (QED) is 0.510. The summed E-state index contributed by atoms with van der Waals surface area (Å²) in [5.74, 6) is 1.15. The molecule has 4 atom stereocenters. The first-order valence-electron chi connectivity index (χ1n) is 9.76. The second-order valence-electron chi connectivity index (χ2n) is 7.44. The number of rotatable bonds is 7. The summed E-state index contributed by atoms with van der Waals surface area (Å²) in [7, 11) is 3.26. The van der Waals surface area contributed by atoms with Crippen molar-refractivity contribution in [3.05, 3.63) is 36.2 Å². The molecule has 3 heterocycles. The topological polar surface area (TPSA) is 130 Å². The Kier molecular flexibility index (Phi) is 5.65. The van der Waals surface area contributed by atoms with Gasteiger partial charge in [-0.05, 0) is 24.6 Å². The van der Waals surface area contributed by atoms with Crippen molar-refractivity contribution in [3.63, 3.8) is 0 Å². The molecule has 31 heavy (non-hydrogen) atoms. The van der Waals surface area contributed by atoms with Crippen molar-refractivity contribution in [1.29, 1.82) is 0 Å². The molecule has 1 fully saturated rings. The number of ether oxygens (including phenoxy) is 3. The third kappa shape index (κ3) is 3.75. The fraction of sp³-hybridized carbons (Fsp3) is 0.450. The number of anilines is 2. The van der Waals surface area contributed by atoms with Gasteiger partial charge in [-0.15, -0.1) is 0 Å². The van der Waals surface area contributed by atoms with Crippen LogP contribution in [0.4, 0.5) is 16.2 Å². The number of halogens is 1. The number of imidazole rings is 1. The lowest BCUT2D eigenvalue weighted by Crippen LogP contribution is -2.42. The van der Waals surface area contributed by atoms with Crippen LogP contribution >= 0.6 is 0 Å². The fourth-order valence-corrected chi connectivity index (χ4v) is 3.81. The van der Waals surface area contributed by atoms with E-state index in [1.54, 1.807) is 26.3 Å². The maximum absolute atomic E-state index is 16.1. The molecule has 0 radical (unpaired) electrons. The SMILES string of the molecule is CNc1nc(N)nc2c1ncn2[C@@H]1O[C@H](CO)[C@@H](OCc2ccc(OC)cc2)[C@@]1(C)F. The Morgan fingerprint density at radius 3 is 2.71 bits per heavy atom. The number of methoxy groups -OCH3 is 1. The number of nitrogens with zero attached hydrogens (tertiary/aromatic N) is 4. The van der Waals surface area contributed by atoms with Gasteiger partial charge in [0, 0.05) is 7.05 Å². The zero-order valence-corrected chi connectivity index (χ0v) is 17.4. The average Bonchev–Trinajstić information content (AvgIpc) is 3.29. The molecule has 10 nitrogen and oxygen atoms in total. The van der Waals surface area contributed by atoms with Gasteiger partial charge in [0.1, 0.15) is 18.0 Å². The number of alkyl halides is 1. The Balaban J connectivity index is 1.62. The fourth-order valence-electron chi connectivity index (χ4n) is 3.81. The molecule has 4 rings (SSSR count). The van der Waals surface area contributed by atoms with Gasteiger partial charge >= 0.3 is 0 Å². The van der Waals surface area contributed by atoms with E-state index < -0.39 is 30.7 Å². The van der Waals surface area contributed by atoms with E-state index in [4.69, 9.17) is 19.9 Å². The van der Waals surface area contributed by atoms with Gasteiger partial charge in [0.2, 0.25) is 5.95 Å². The predicted molar refractivity (Wildman–Crippen MR) is 111 cm³/mol. The van der Waals surface area contributed by atoms with Crippen molar-refractivity contribution in [2.24, 2.45) is 0 Å². The molecule has 166 valence electrons. The average molecular weight is 432 g/mol. The Morgan fingerprint density at radius 1 is 1.32 bits per heavy atom. The molecule has 0 bridgehead atoms. The minimum atomic E-state index is -1.99. The van der Waals surface area contributed by atoms with Gasteiger partial charge < -0.3 is 30.4 Å². The van der Waals surface area contributed by atoms with Crippen LogP contribution in [0, 0.1) is 0 Å². The predicted octanol–water partition coefficient (Wildman–Crippen LogP) is 1.66. The minimum absolute atomic E-state index is 0.0168. The van der Waals surface area contributed by atoms with Crippen LogP contribution < -0.4 is 15.8 Å². The van der Waals surface area contributed by atoms with Crippen LogP contribution in [0.1, 0.15) is 18.7 Å². The standard InChI is InChI=1S/C20H25FN6O4/c1-20(21)15(30-9-11-4-6-12(29-3)7-5-11)13(8-28)31-18(20)27-10-24-14-16(23-2)25-19(22)26-17(14)27/h4-7,10,13,15,18,28H,8-9H2,1-3H3,(H3,22,23,25,26)/t13-,15-,18-,20-/m1/s1. The zero-order chi connectivity index (χ0) is 22.2. The van der Waals surface area contributed by atoms with Crippen LogP contribution in [-0.2, 0) is 16.1 Å². The Hall–Kier alpha value is -3.02. The first-order chi connectivity index (χ1) is 14.9. The van der Waals surface area contributed by atoms with E-state index in [1.807, 2.05) is 12.1 Å². The highest BCUT2D eigenvalue weighted by Gasteiger charge is 2.56. The number of aliphatic hydroxyl groups is 1. The zero-order valence-electron chi connectivity index (χ0n) is 17.4. The normalized spacial score (nSPS) is 25.8. The van der Waals surface area contributed by atoms with E-state index in [9.17, 15) is 5.11 Å². The van der Waals surface area contributed by atoms with Crippen molar-refractivity contribution in [2.75, 3.05) is 31.8 Å². The van der Waals surface area contributed by atoms with Gasteiger partial charge in [-0.3, -0.25) is 4.57 Å². The molecular formula is C20H25FN6O4. The van der Waals surface area contributed by atoms with Crippen LogP contribution in [0.2, 0.25) is 0 Å². The molecule has 1 aliphatic rings. The van der Waals surface area contributed by atoms with E-state index in [1.165, 1.54) is 17.8 Å². The summed E-state index contributed by atoms with van der Waals surface area (Å²) in [5, 5.41) is 12.7. The second kappa shape index (κ2) is 8.25. The van der Waals surface area contributed by atoms with Gasteiger partial charge in [0.05, 0.1) is 26.7 Å². The summed E-state index contributed by atoms with van der Waals surface area (Å²) in [6.07, 6.45) is -1.61. The summed E-state index contributed by atoms with van der Waals surface area (Å²) >= 11 is 0. The van der Waals surface area contributed by atoms with Crippen molar-refractivity contribution >= 4 is 22.9 Å². The number of nitrogens with two attached hydrogens (primary N) is 1. The van der Waals surface area contributed by atoms with E-state index in [0.717, 1.165) is 5.56 Å². The molecule has 4 N–H and O–H groups in total. The van der Waals surface area contributed by atoms with E-state index >= 15 is 4.39 Å². The van der Waals surface area contributed by atoms with E-state index in [0.29, 0.717) is 22.7 Å². The van der Waals surface area contributed by atoms with Gasteiger partial charge in [-0.2, -0.15) is 9.97 Å². The Morgan fingerprint density at radius 2 is 2.06 bits per heavy atom. The third-order valence-corrected chi connectivity index (χ3v) is 5.38. The van der Waals surface area contributed by atoms with Crippen LogP contribution in [0.5, 0.6) is 5.75 Å². The first-order valence-corrected chi connectivity index (χ1v) is 9.76. The molecule has 0 amide bonds. The lowest BCUT2D eigenvalue weighted by atomic mass is 9.98. The minimum Gasteiger partial charge on any atom is -0.497 e. The van der Waals surface area contributed by atoms with Crippen LogP contribution in [-0.4, -0.2) is 63.3 Å². The maximum Gasteiger partial charge on any atom is 0.224 e. The number of hydrogen-bond acceptors (Lipinski definition) is 9. The number of nitrogen functional groups attached to an aromatic ring is 1. The maximum atomic E-state index is 16.1. The van der Waals surface area contributed by atoms with Crippen LogP contribution in [0.25, 0.3) is 11.2 Å². The van der Waals surface area contributed by atoms with E-state index in [-0.39, 0.29) is 12.6 Å². The van der Waals surface area contributed by atoms with Crippen molar-refractivity contribution in [1.82, 2.24) is 19.5 Å². The molecule has 1 aromatic carbocycles. The summed E-state index contributed by atoms with van der Waals surface area (Å²) in [5.41, 5.74) is 5.39. The third-order valence-electron chi connectivity index (χ3n) is 5.38. The van der Waals surface area contributed by atoms with Crippen molar-refractivity contribution in [2.45, 2.75) is 37.6 Å². The second-order valence-corrected chi connectivity index (χ2v) is 7.44. The molecule has 0 aliphatic carbocycles. The molecule has 1 saturated heterocycles. The molecule has 1 aliphatic heterocycles. The smallest absolute Gasteiger partial charge is 0.224 e. The first kappa shape index (κ1) is 21.2.